The Labute approximate surface area is 112 Å². The highest BCUT2D eigenvalue weighted by atomic mass is 15.1. The molecule has 0 N–H and O–H groups in total. The molecule has 0 spiro atoms. The lowest BCUT2D eigenvalue weighted by Crippen LogP contribution is -1.81. The molecule has 0 heterocycles. The van der Waals surface area contributed by atoms with E-state index in [0.717, 1.165) is 5.69 Å². The minimum atomic E-state index is 0.611. The molecule has 92 valence electrons. The van der Waals surface area contributed by atoms with Crippen LogP contribution in [-0.2, 0) is 6.54 Å². The molecule has 0 radical (unpaired) electrons. The summed E-state index contributed by atoms with van der Waals surface area (Å²) in [7, 11) is 0. The molecule has 2 heteroatoms. The Kier molecular flexibility index (Phi) is 3.32. The summed E-state index contributed by atoms with van der Waals surface area (Å²) in [5.41, 5.74) is 2.07. The second-order valence-electron chi connectivity index (χ2n) is 4.42. The van der Waals surface area contributed by atoms with E-state index in [1.54, 1.807) is 0 Å². The smallest absolute Gasteiger partial charge is 0.0854 e. The van der Waals surface area contributed by atoms with Gasteiger partial charge in [-0.15, -0.1) is 0 Å². The summed E-state index contributed by atoms with van der Waals surface area (Å²) >= 11 is 0. The highest BCUT2D eigenvalue weighted by molar-refractivity contribution is 5.82. The van der Waals surface area contributed by atoms with Crippen LogP contribution in [0.15, 0.2) is 83.0 Å². The number of hydrogen-bond donors (Lipinski definition) is 0. The molecule has 0 atom stereocenters. The van der Waals surface area contributed by atoms with Gasteiger partial charge in [0.15, 0.2) is 0 Å². The van der Waals surface area contributed by atoms with E-state index in [1.807, 2.05) is 30.3 Å². The maximum atomic E-state index is 4.24. The van der Waals surface area contributed by atoms with Gasteiger partial charge < -0.3 is 0 Å². The lowest BCUT2D eigenvalue weighted by molar-refractivity contribution is 0.961. The number of rotatable bonds is 3. The number of nitrogens with zero attached hydrogens (tertiary/aromatic N) is 2. The third-order valence-electron chi connectivity index (χ3n) is 3.01. The quantitative estimate of drug-likeness (QED) is 0.573. The van der Waals surface area contributed by atoms with E-state index < -0.39 is 0 Å². The van der Waals surface area contributed by atoms with Crippen LogP contribution >= 0.6 is 0 Å². The van der Waals surface area contributed by atoms with Crippen LogP contribution in [0.4, 0.5) is 5.69 Å². The van der Waals surface area contributed by atoms with Gasteiger partial charge in [-0.3, -0.25) is 0 Å². The van der Waals surface area contributed by atoms with Crippen LogP contribution in [0.2, 0.25) is 0 Å². The van der Waals surface area contributed by atoms with Crippen molar-refractivity contribution in [3.63, 3.8) is 0 Å². The first-order valence-corrected chi connectivity index (χ1v) is 6.32. The van der Waals surface area contributed by atoms with Crippen molar-refractivity contribution in [1.29, 1.82) is 0 Å². The second kappa shape index (κ2) is 5.44. The Balaban J connectivity index is 1.77. The summed E-state index contributed by atoms with van der Waals surface area (Å²) < 4.78 is 0. The van der Waals surface area contributed by atoms with Gasteiger partial charge in [0.2, 0.25) is 0 Å². The van der Waals surface area contributed by atoms with Gasteiger partial charge in [0.1, 0.15) is 0 Å². The molecule has 0 aliphatic carbocycles. The summed E-state index contributed by atoms with van der Waals surface area (Å²) in [6.45, 7) is 0.611. The van der Waals surface area contributed by atoms with Gasteiger partial charge in [-0.1, -0.05) is 54.6 Å². The van der Waals surface area contributed by atoms with E-state index >= 15 is 0 Å². The topological polar surface area (TPSA) is 24.7 Å². The predicted molar refractivity (Wildman–Crippen MR) is 78.6 cm³/mol. The van der Waals surface area contributed by atoms with Crippen molar-refractivity contribution in [2.75, 3.05) is 0 Å². The molecule has 19 heavy (non-hydrogen) atoms. The summed E-state index contributed by atoms with van der Waals surface area (Å²) in [6.07, 6.45) is 0. The van der Waals surface area contributed by atoms with Gasteiger partial charge in [0.25, 0.3) is 0 Å². The molecule has 3 aromatic carbocycles. The highest BCUT2D eigenvalue weighted by Gasteiger charge is 1.95. The van der Waals surface area contributed by atoms with E-state index in [-0.39, 0.29) is 0 Å². The Morgan fingerprint density at radius 3 is 2.26 bits per heavy atom. The van der Waals surface area contributed by atoms with Crippen LogP contribution in [-0.4, -0.2) is 0 Å². The summed E-state index contributed by atoms with van der Waals surface area (Å²) in [6, 6.07) is 24.5. The molecule has 0 fully saturated rings. The highest BCUT2D eigenvalue weighted by Crippen LogP contribution is 2.17. The van der Waals surface area contributed by atoms with Crippen LogP contribution < -0.4 is 0 Å². The third-order valence-corrected chi connectivity index (χ3v) is 3.01. The molecular weight excluding hydrogens is 232 g/mol. The van der Waals surface area contributed by atoms with Gasteiger partial charge in [-0.05, 0) is 34.5 Å². The fourth-order valence-corrected chi connectivity index (χ4v) is 2.03. The van der Waals surface area contributed by atoms with Crippen LogP contribution in [0.1, 0.15) is 5.56 Å². The van der Waals surface area contributed by atoms with E-state index in [1.165, 1.54) is 16.3 Å². The van der Waals surface area contributed by atoms with Crippen LogP contribution in [0.3, 0.4) is 0 Å². The fraction of sp³-hybridized carbons (Fsp3) is 0.0588. The van der Waals surface area contributed by atoms with E-state index in [4.69, 9.17) is 0 Å². The van der Waals surface area contributed by atoms with E-state index in [2.05, 4.69) is 52.7 Å². The molecule has 0 unspecified atom stereocenters. The number of azo groups is 1. The number of fused-ring (bicyclic) bond motifs is 1. The summed E-state index contributed by atoms with van der Waals surface area (Å²) in [5.74, 6) is 0. The molecule has 0 aliphatic rings. The van der Waals surface area contributed by atoms with Crippen molar-refractivity contribution in [1.82, 2.24) is 0 Å². The number of benzene rings is 3. The molecule has 0 amide bonds. The first-order chi connectivity index (χ1) is 9.42. The van der Waals surface area contributed by atoms with Crippen LogP contribution in [0.25, 0.3) is 10.8 Å². The Morgan fingerprint density at radius 2 is 1.42 bits per heavy atom. The minimum absolute atomic E-state index is 0.611. The average molecular weight is 246 g/mol. The minimum Gasteiger partial charge on any atom is -0.184 e. The Morgan fingerprint density at radius 1 is 0.684 bits per heavy atom. The largest absolute Gasteiger partial charge is 0.184 e. The monoisotopic (exact) mass is 246 g/mol. The van der Waals surface area contributed by atoms with Crippen molar-refractivity contribution in [3.8, 4) is 0 Å². The molecule has 0 bridgehead atoms. The third kappa shape index (κ3) is 2.86. The van der Waals surface area contributed by atoms with Crippen molar-refractivity contribution < 1.29 is 0 Å². The average Bonchev–Trinajstić information content (AvgIpc) is 2.48. The standard InChI is InChI=1S/C17H14N2/c1-2-8-17(9-3-1)19-18-13-14-10-11-15-6-4-5-7-16(15)12-14/h1-12H,13H2. The van der Waals surface area contributed by atoms with Crippen molar-refractivity contribution in [2.45, 2.75) is 6.54 Å². The fourth-order valence-electron chi connectivity index (χ4n) is 2.03. The first-order valence-electron chi connectivity index (χ1n) is 6.32. The van der Waals surface area contributed by atoms with Gasteiger partial charge in [0, 0.05) is 0 Å². The van der Waals surface area contributed by atoms with Crippen molar-refractivity contribution >= 4 is 16.5 Å². The summed E-state index contributed by atoms with van der Waals surface area (Å²) in [5, 5.41) is 11.0. The molecule has 0 aliphatic heterocycles. The zero-order valence-corrected chi connectivity index (χ0v) is 10.5. The Hall–Kier alpha value is -2.48. The zero-order chi connectivity index (χ0) is 12.9. The number of hydrogen-bond acceptors (Lipinski definition) is 2. The molecule has 0 saturated carbocycles. The maximum absolute atomic E-state index is 4.24. The maximum Gasteiger partial charge on any atom is 0.0854 e. The van der Waals surface area contributed by atoms with Gasteiger partial charge in [-0.25, -0.2) is 0 Å². The lowest BCUT2D eigenvalue weighted by atomic mass is 10.1. The zero-order valence-electron chi connectivity index (χ0n) is 10.5. The van der Waals surface area contributed by atoms with Gasteiger partial charge in [0.05, 0.1) is 12.2 Å². The summed E-state index contributed by atoms with van der Waals surface area (Å²) in [4.78, 5) is 0. The first kappa shape index (κ1) is 11.6. The molecule has 2 nitrogen and oxygen atoms in total. The normalized spacial score (nSPS) is 11.2. The molecule has 0 aromatic heterocycles. The van der Waals surface area contributed by atoms with Crippen LogP contribution in [0, 0.1) is 0 Å². The van der Waals surface area contributed by atoms with Crippen molar-refractivity contribution in [3.05, 3.63) is 78.4 Å². The Bertz CT molecular complexity index is 703. The van der Waals surface area contributed by atoms with Gasteiger partial charge in [-0.2, -0.15) is 10.2 Å². The van der Waals surface area contributed by atoms with E-state index in [9.17, 15) is 0 Å². The van der Waals surface area contributed by atoms with Crippen molar-refractivity contribution in [2.24, 2.45) is 10.2 Å². The predicted octanol–water partition coefficient (Wildman–Crippen LogP) is 5.12. The lowest BCUT2D eigenvalue weighted by Gasteiger charge is -2.00. The van der Waals surface area contributed by atoms with E-state index in [0.29, 0.717) is 6.54 Å². The van der Waals surface area contributed by atoms with Crippen LogP contribution in [0.5, 0.6) is 0 Å². The molecular formula is C17H14N2. The molecule has 3 aromatic rings. The SMILES string of the molecule is c1ccc(N=NCc2ccc3ccccc3c2)cc1. The van der Waals surface area contributed by atoms with Gasteiger partial charge >= 0.3 is 0 Å². The molecule has 3 rings (SSSR count). The second-order valence-corrected chi connectivity index (χ2v) is 4.42. The molecule has 0 saturated heterocycles.